The molecule has 0 bridgehead atoms. The lowest BCUT2D eigenvalue weighted by molar-refractivity contribution is 0.0323. The highest BCUT2D eigenvalue weighted by Crippen LogP contribution is 2.05. The molecular formula is C15H28N2O3. The van der Waals surface area contributed by atoms with Crippen LogP contribution in [-0.2, 0) is 22.6 Å². The SMILES string of the molecule is CCCCOCCOCc1cc(CNCC(C)C)no1. The summed E-state index contributed by atoms with van der Waals surface area (Å²) in [5.74, 6) is 1.40. The molecule has 1 N–H and O–H groups in total. The van der Waals surface area contributed by atoms with E-state index < -0.39 is 0 Å². The zero-order valence-electron chi connectivity index (χ0n) is 13.0. The lowest BCUT2D eigenvalue weighted by Gasteiger charge is -2.04. The predicted octanol–water partition coefficient (Wildman–Crippen LogP) is 2.75. The van der Waals surface area contributed by atoms with Gasteiger partial charge in [-0.1, -0.05) is 32.3 Å². The van der Waals surface area contributed by atoms with E-state index in [9.17, 15) is 0 Å². The first-order valence-electron chi connectivity index (χ1n) is 7.53. The number of nitrogens with zero attached hydrogens (tertiary/aromatic N) is 1. The molecule has 0 saturated carbocycles. The van der Waals surface area contributed by atoms with Crippen molar-refractivity contribution in [1.29, 1.82) is 0 Å². The van der Waals surface area contributed by atoms with Crippen molar-refractivity contribution in [2.45, 2.75) is 46.8 Å². The smallest absolute Gasteiger partial charge is 0.162 e. The number of nitrogens with one attached hydrogen (secondary N) is 1. The van der Waals surface area contributed by atoms with Crippen LogP contribution in [0.2, 0.25) is 0 Å². The highest BCUT2D eigenvalue weighted by Gasteiger charge is 2.04. The van der Waals surface area contributed by atoms with Gasteiger partial charge in [0.15, 0.2) is 5.76 Å². The van der Waals surface area contributed by atoms with Gasteiger partial charge >= 0.3 is 0 Å². The van der Waals surface area contributed by atoms with Crippen LogP contribution in [0.4, 0.5) is 0 Å². The molecule has 20 heavy (non-hydrogen) atoms. The Morgan fingerprint density at radius 1 is 1.25 bits per heavy atom. The molecule has 0 aliphatic carbocycles. The summed E-state index contributed by atoms with van der Waals surface area (Å²) in [5, 5.41) is 7.33. The Morgan fingerprint density at radius 2 is 2.05 bits per heavy atom. The van der Waals surface area contributed by atoms with Crippen molar-refractivity contribution in [2.75, 3.05) is 26.4 Å². The summed E-state index contributed by atoms with van der Waals surface area (Å²) in [7, 11) is 0. The molecule has 5 heteroatoms. The van der Waals surface area contributed by atoms with Crippen LogP contribution in [0.1, 0.15) is 45.1 Å². The Bertz CT molecular complexity index is 340. The van der Waals surface area contributed by atoms with Gasteiger partial charge in [-0.2, -0.15) is 0 Å². The van der Waals surface area contributed by atoms with E-state index in [1.54, 1.807) is 0 Å². The topological polar surface area (TPSA) is 56.5 Å². The van der Waals surface area contributed by atoms with Gasteiger partial charge in [-0.05, 0) is 18.9 Å². The quantitative estimate of drug-likeness (QED) is 0.598. The molecule has 0 saturated heterocycles. The average Bonchev–Trinajstić information content (AvgIpc) is 2.85. The van der Waals surface area contributed by atoms with Gasteiger partial charge in [0, 0.05) is 19.2 Å². The van der Waals surface area contributed by atoms with Crippen molar-refractivity contribution in [1.82, 2.24) is 10.5 Å². The van der Waals surface area contributed by atoms with Gasteiger partial charge in [-0.15, -0.1) is 0 Å². The van der Waals surface area contributed by atoms with Gasteiger partial charge in [0.25, 0.3) is 0 Å². The van der Waals surface area contributed by atoms with Crippen LogP contribution in [0.5, 0.6) is 0 Å². The zero-order valence-corrected chi connectivity index (χ0v) is 13.0. The maximum absolute atomic E-state index is 5.48. The van der Waals surface area contributed by atoms with Crippen molar-refractivity contribution < 1.29 is 14.0 Å². The Hall–Kier alpha value is -0.910. The molecule has 0 unspecified atom stereocenters. The maximum Gasteiger partial charge on any atom is 0.162 e. The normalized spacial score (nSPS) is 11.4. The molecule has 1 rings (SSSR count). The fraction of sp³-hybridized carbons (Fsp3) is 0.800. The van der Waals surface area contributed by atoms with Crippen LogP contribution < -0.4 is 5.32 Å². The lowest BCUT2D eigenvalue weighted by Crippen LogP contribution is -2.19. The highest BCUT2D eigenvalue weighted by atomic mass is 16.5. The van der Waals surface area contributed by atoms with Crippen LogP contribution in [0.3, 0.4) is 0 Å². The van der Waals surface area contributed by atoms with Crippen molar-refractivity contribution >= 4 is 0 Å². The lowest BCUT2D eigenvalue weighted by atomic mass is 10.2. The van der Waals surface area contributed by atoms with E-state index in [1.165, 1.54) is 0 Å². The Balaban J connectivity index is 2.05. The molecule has 1 aromatic heterocycles. The fourth-order valence-corrected chi connectivity index (χ4v) is 1.64. The first-order valence-corrected chi connectivity index (χ1v) is 7.53. The van der Waals surface area contributed by atoms with Gasteiger partial charge in [0.05, 0.1) is 18.9 Å². The molecule has 0 aromatic carbocycles. The van der Waals surface area contributed by atoms with Gasteiger partial charge in [0.2, 0.25) is 0 Å². The van der Waals surface area contributed by atoms with Gasteiger partial charge in [0.1, 0.15) is 6.61 Å². The summed E-state index contributed by atoms with van der Waals surface area (Å²) in [6.07, 6.45) is 2.27. The van der Waals surface area contributed by atoms with Crippen LogP contribution in [0.15, 0.2) is 10.6 Å². The summed E-state index contributed by atoms with van der Waals surface area (Å²) in [4.78, 5) is 0. The van der Waals surface area contributed by atoms with Gasteiger partial charge < -0.3 is 19.3 Å². The number of hydrogen-bond acceptors (Lipinski definition) is 5. The minimum atomic E-state index is 0.453. The monoisotopic (exact) mass is 284 g/mol. The van der Waals surface area contributed by atoms with Gasteiger partial charge in [-0.25, -0.2) is 0 Å². The van der Waals surface area contributed by atoms with E-state index in [-0.39, 0.29) is 0 Å². The van der Waals surface area contributed by atoms with Crippen molar-refractivity contribution in [3.8, 4) is 0 Å². The molecule has 116 valence electrons. The molecule has 0 spiro atoms. The zero-order chi connectivity index (χ0) is 14.6. The second-order valence-electron chi connectivity index (χ2n) is 5.33. The van der Waals surface area contributed by atoms with Crippen LogP contribution >= 0.6 is 0 Å². The summed E-state index contributed by atoms with van der Waals surface area (Å²) in [5.41, 5.74) is 0.920. The molecule has 5 nitrogen and oxygen atoms in total. The molecule has 1 aromatic rings. The molecule has 0 aliphatic rings. The first kappa shape index (κ1) is 17.1. The minimum Gasteiger partial charge on any atom is -0.379 e. The van der Waals surface area contributed by atoms with E-state index in [2.05, 4.69) is 31.2 Å². The van der Waals surface area contributed by atoms with Crippen LogP contribution in [0, 0.1) is 5.92 Å². The summed E-state index contributed by atoms with van der Waals surface area (Å²) < 4.78 is 16.1. The Labute approximate surface area is 122 Å². The second-order valence-corrected chi connectivity index (χ2v) is 5.33. The fourth-order valence-electron chi connectivity index (χ4n) is 1.64. The third kappa shape index (κ3) is 8.30. The highest BCUT2D eigenvalue weighted by molar-refractivity contribution is 5.04. The summed E-state index contributed by atoms with van der Waals surface area (Å²) in [6, 6.07) is 1.94. The third-order valence-corrected chi connectivity index (χ3v) is 2.73. The van der Waals surface area contributed by atoms with Crippen molar-refractivity contribution in [2.24, 2.45) is 5.92 Å². The summed E-state index contributed by atoms with van der Waals surface area (Å²) >= 11 is 0. The molecule has 1 heterocycles. The van der Waals surface area contributed by atoms with E-state index in [0.717, 1.165) is 44.0 Å². The summed E-state index contributed by atoms with van der Waals surface area (Å²) in [6.45, 7) is 10.7. The van der Waals surface area contributed by atoms with E-state index in [0.29, 0.717) is 25.7 Å². The number of rotatable bonds is 12. The number of hydrogen-bond donors (Lipinski definition) is 1. The largest absolute Gasteiger partial charge is 0.379 e. The second kappa shape index (κ2) is 10.8. The molecular weight excluding hydrogens is 256 g/mol. The van der Waals surface area contributed by atoms with Gasteiger partial charge in [-0.3, -0.25) is 0 Å². The number of unbranched alkanes of at least 4 members (excludes halogenated alkanes) is 1. The number of ether oxygens (including phenoxy) is 2. The van der Waals surface area contributed by atoms with Crippen LogP contribution in [0.25, 0.3) is 0 Å². The van der Waals surface area contributed by atoms with Crippen molar-refractivity contribution in [3.63, 3.8) is 0 Å². The third-order valence-electron chi connectivity index (χ3n) is 2.73. The standard InChI is InChI=1S/C15H28N2O3/c1-4-5-6-18-7-8-19-12-15-9-14(17-20-15)11-16-10-13(2)3/h9,13,16H,4-8,10-12H2,1-3H3. The minimum absolute atomic E-state index is 0.453. The Kier molecular flexibility index (Phi) is 9.28. The number of aromatic nitrogens is 1. The maximum atomic E-state index is 5.48. The van der Waals surface area contributed by atoms with E-state index >= 15 is 0 Å². The first-order chi connectivity index (χ1) is 9.72. The predicted molar refractivity (Wildman–Crippen MR) is 78.4 cm³/mol. The van der Waals surface area contributed by atoms with Crippen LogP contribution in [-0.4, -0.2) is 31.5 Å². The van der Waals surface area contributed by atoms with E-state index in [1.807, 2.05) is 6.07 Å². The van der Waals surface area contributed by atoms with E-state index in [4.69, 9.17) is 14.0 Å². The molecule has 0 amide bonds. The molecule has 0 atom stereocenters. The molecule has 0 radical (unpaired) electrons. The Morgan fingerprint density at radius 3 is 2.80 bits per heavy atom. The molecule has 0 fully saturated rings. The average molecular weight is 284 g/mol. The molecule has 0 aliphatic heterocycles. The van der Waals surface area contributed by atoms with Crippen molar-refractivity contribution in [3.05, 3.63) is 17.5 Å².